The van der Waals surface area contributed by atoms with E-state index < -0.39 is 0 Å². The highest BCUT2D eigenvalue weighted by Gasteiger charge is 2.46. The van der Waals surface area contributed by atoms with Gasteiger partial charge in [-0.3, -0.25) is 4.90 Å². The lowest BCUT2D eigenvalue weighted by molar-refractivity contribution is -0.142. The van der Waals surface area contributed by atoms with Crippen LogP contribution in [0.3, 0.4) is 0 Å². The molecule has 1 aromatic rings. The molecule has 2 fully saturated rings. The van der Waals surface area contributed by atoms with Gasteiger partial charge in [-0.1, -0.05) is 12.5 Å². The van der Waals surface area contributed by atoms with Crippen molar-refractivity contribution < 1.29 is 9.47 Å². The third-order valence-electron chi connectivity index (χ3n) is 4.92. The molecule has 2 heterocycles. The van der Waals surface area contributed by atoms with Gasteiger partial charge in [0.25, 0.3) is 0 Å². The van der Waals surface area contributed by atoms with Crippen LogP contribution in [0.2, 0.25) is 0 Å². The molecular weight excluding hydrogens is 294 g/mol. The first-order valence-electron chi connectivity index (χ1n) is 8.32. The van der Waals surface area contributed by atoms with E-state index in [9.17, 15) is 0 Å². The van der Waals surface area contributed by atoms with Crippen molar-refractivity contribution in [2.24, 2.45) is 5.92 Å². The SMILES string of the molecule is C=CCOC[C@@H]1CCC[C@@]12CN(Cc1ccc(C)s1)CCO2. The van der Waals surface area contributed by atoms with Crippen LogP contribution >= 0.6 is 11.3 Å². The second-order valence-corrected chi connectivity index (χ2v) is 7.92. The molecule has 3 nitrogen and oxygen atoms in total. The predicted octanol–water partition coefficient (Wildman–Crippen LogP) is 3.63. The number of hydrogen-bond donors (Lipinski definition) is 0. The Morgan fingerprint density at radius 3 is 3.23 bits per heavy atom. The van der Waals surface area contributed by atoms with Crippen LogP contribution in [0.4, 0.5) is 0 Å². The Bertz CT molecular complexity index is 501. The van der Waals surface area contributed by atoms with Crippen LogP contribution in [0, 0.1) is 12.8 Å². The van der Waals surface area contributed by atoms with Crippen LogP contribution in [-0.2, 0) is 16.0 Å². The fourth-order valence-electron chi connectivity index (χ4n) is 3.85. The van der Waals surface area contributed by atoms with Gasteiger partial charge in [0.05, 0.1) is 25.4 Å². The number of hydrogen-bond acceptors (Lipinski definition) is 4. The van der Waals surface area contributed by atoms with Crippen molar-refractivity contribution in [3.63, 3.8) is 0 Å². The van der Waals surface area contributed by atoms with Crippen LogP contribution in [-0.4, -0.2) is 43.4 Å². The molecule has 122 valence electrons. The van der Waals surface area contributed by atoms with Crippen LogP contribution in [0.1, 0.15) is 29.0 Å². The predicted molar refractivity (Wildman–Crippen MR) is 91.4 cm³/mol. The third kappa shape index (κ3) is 3.62. The highest BCUT2D eigenvalue weighted by molar-refractivity contribution is 7.11. The molecule has 3 rings (SSSR count). The molecule has 0 bridgehead atoms. The summed E-state index contributed by atoms with van der Waals surface area (Å²) in [5.74, 6) is 0.528. The number of rotatable bonds is 6. The Labute approximate surface area is 137 Å². The second-order valence-electron chi connectivity index (χ2n) is 6.55. The minimum absolute atomic E-state index is 0.0196. The molecule has 1 saturated heterocycles. The largest absolute Gasteiger partial charge is 0.377 e. The van der Waals surface area contributed by atoms with Crippen molar-refractivity contribution in [3.8, 4) is 0 Å². The highest BCUT2D eigenvalue weighted by atomic mass is 32.1. The molecule has 0 radical (unpaired) electrons. The molecule has 1 aromatic heterocycles. The zero-order chi connectivity index (χ0) is 15.4. The number of nitrogens with zero attached hydrogens (tertiary/aromatic N) is 1. The molecule has 0 amide bonds. The first kappa shape index (κ1) is 16.2. The van der Waals surface area contributed by atoms with E-state index >= 15 is 0 Å². The third-order valence-corrected chi connectivity index (χ3v) is 5.90. The molecule has 2 atom stereocenters. The normalized spacial score (nSPS) is 29.2. The van der Waals surface area contributed by atoms with Crippen LogP contribution in [0.5, 0.6) is 0 Å². The van der Waals surface area contributed by atoms with Gasteiger partial charge in [0, 0.05) is 35.3 Å². The Morgan fingerprint density at radius 2 is 2.45 bits per heavy atom. The van der Waals surface area contributed by atoms with Gasteiger partial charge < -0.3 is 9.47 Å². The standard InChI is InChI=1S/C18H27NO2S/c1-3-10-20-13-16-5-4-8-18(16)14-19(9-11-21-18)12-17-7-6-15(2)22-17/h3,6-7,16H,1,4-5,8-14H2,2H3/t16-,18+/m0/s1. The molecule has 1 aliphatic carbocycles. The molecule has 1 saturated carbocycles. The number of morpholine rings is 1. The summed E-state index contributed by atoms with van der Waals surface area (Å²) in [6.45, 7) is 11.4. The average molecular weight is 321 g/mol. The summed E-state index contributed by atoms with van der Waals surface area (Å²) >= 11 is 1.91. The number of ether oxygens (including phenoxy) is 2. The van der Waals surface area contributed by atoms with E-state index in [1.54, 1.807) is 0 Å². The Balaban J connectivity index is 1.61. The van der Waals surface area contributed by atoms with E-state index in [1.165, 1.54) is 29.0 Å². The van der Waals surface area contributed by atoms with Gasteiger partial charge in [-0.05, 0) is 31.9 Å². The maximum Gasteiger partial charge on any atom is 0.0859 e. The zero-order valence-corrected chi connectivity index (χ0v) is 14.4. The summed E-state index contributed by atoms with van der Waals surface area (Å²) in [5, 5.41) is 0. The quantitative estimate of drug-likeness (QED) is 0.590. The van der Waals surface area contributed by atoms with Crippen LogP contribution in [0.15, 0.2) is 24.8 Å². The van der Waals surface area contributed by atoms with Crippen molar-refractivity contribution in [2.75, 3.05) is 32.9 Å². The lowest BCUT2D eigenvalue weighted by Gasteiger charge is -2.44. The molecule has 22 heavy (non-hydrogen) atoms. The summed E-state index contributed by atoms with van der Waals surface area (Å²) < 4.78 is 12.0. The second kappa shape index (κ2) is 7.26. The minimum Gasteiger partial charge on any atom is -0.377 e. The van der Waals surface area contributed by atoms with Crippen molar-refractivity contribution in [2.45, 2.75) is 38.3 Å². The fourth-order valence-corrected chi connectivity index (χ4v) is 4.78. The summed E-state index contributed by atoms with van der Waals surface area (Å²) in [4.78, 5) is 5.43. The van der Waals surface area contributed by atoms with Crippen molar-refractivity contribution >= 4 is 11.3 Å². The van der Waals surface area contributed by atoms with Gasteiger partial charge in [0.2, 0.25) is 0 Å². The molecule has 0 N–H and O–H groups in total. The average Bonchev–Trinajstić information content (AvgIpc) is 3.07. The zero-order valence-electron chi connectivity index (χ0n) is 13.6. The highest BCUT2D eigenvalue weighted by Crippen LogP contribution is 2.41. The molecule has 2 aliphatic rings. The van der Waals surface area contributed by atoms with Gasteiger partial charge in [0.1, 0.15) is 0 Å². The topological polar surface area (TPSA) is 21.7 Å². The molecule has 4 heteroatoms. The molecular formula is C18H27NO2S. The van der Waals surface area contributed by atoms with E-state index in [0.717, 1.165) is 32.8 Å². The fraction of sp³-hybridized carbons (Fsp3) is 0.667. The van der Waals surface area contributed by atoms with E-state index in [-0.39, 0.29) is 5.60 Å². The molecule has 1 spiro atoms. The van der Waals surface area contributed by atoms with Crippen molar-refractivity contribution in [1.82, 2.24) is 4.90 Å². The van der Waals surface area contributed by atoms with E-state index in [1.807, 2.05) is 17.4 Å². The van der Waals surface area contributed by atoms with Gasteiger partial charge >= 0.3 is 0 Å². The van der Waals surface area contributed by atoms with Crippen LogP contribution in [0.25, 0.3) is 0 Å². The maximum atomic E-state index is 6.30. The van der Waals surface area contributed by atoms with Crippen molar-refractivity contribution in [1.29, 1.82) is 0 Å². The van der Waals surface area contributed by atoms with Gasteiger partial charge in [-0.25, -0.2) is 0 Å². The molecule has 0 aromatic carbocycles. The number of thiophene rings is 1. The Morgan fingerprint density at radius 1 is 1.55 bits per heavy atom. The lowest BCUT2D eigenvalue weighted by Crippen LogP contribution is -2.54. The van der Waals surface area contributed by atoms with Gasteiger partial charge in [-0.15, -0.1) is 17.9 Å². The minimum atomic E-state index is 0.0196. The van der Waals surface area contributed by atoms with Crippen molar-refractivity contribution in [3.05, 3.63) is 34.5 Å². The monoisotopic (exact) mass is 321 g/mol. The van der Waals surface area contributed by atoms with E-state index in [2.05, 4.69) is 30.5 Å². The number of aryl methyl sites for hydroxylation is 1. The Hall–Kier alpha value is -0.680. The smallest absolute Gasteiger partial charge is 0.0859 e. The van der Waals surface area contributed by atoms with Crippen LogP contribution < -0.4 is 0 Å². The maximum absolute atomic E-state index is 6.30. The molecule has 0 unspecified atom stereocenters. The van der Waals surface area contributed by atoms with Gasteiger partial charge in [0.15, 0.2) is 0 Å². The first-order chi connectivity index (χ1) is 10.7. The molecule has 1 aliphatic heterocycles. The summed E-state index contributed by atoms with van der Waals surface area (Å²) in [7, 11) is 0. The lowest BCUT2D eigenvalue weighted by atomic mass is 9.89. The van der Waals surface area contributed by atoms with Gasteiger partial charge in [-0.2, -0.15) is 0 Å². The summed E-state index contributed by atoms with van der Waals surface area (Å²) in [6, 6.07) is 4.49. The Kier molecular flexibility index (Phi) is 5.34. The van der Waals surface area contributed by atoms with E-state index in [4.69, 9.17) is 9.47 Å². The summed E-state index contributed by atoms with van der Waals surface area (Å²) in [6.07, 6.45) is 5.49. The van der Waals surface area contributed by atoms with E-state index in [0.29, 0.717) is 12.5 Å². The first-order valence-corrected chi connectivity index (χ1v) is 9.14. The summed E-state index contributed by atoms with van der Waals surface area (Å²) in [5.41, 5.74) is 0.0196.